The third-order valence-corrected chi connectivity index (χ3v) is 5.73. The number of carbonyl (C=O) groups is 1. The molecule has 0 aliphatic carbocycles. The number of sulfone groups is 1. The number of aromatic nitrogens is 2. The number of ketones is 1. The first-order valence-electron chi connectivity index (χ1n) is 6.88. The van der Waals surface area contributed by atoms with E-state index >= 15 is 0 Å². The lowest BCUT2D eigenvalue weighted by atomic mass is 10.0. The molecule has 0 bridgehead atoms. The van der Waals surface area contributed by atoms with Crippen LogP contribution in [0, 0.1) is 5.92 Å². The molecular weight excluding hydrogens is 314 g/mol. The van der Waals surface area contributed by atoms with Crippen LogP contribution in [0.15, 0.2) is 6.20 Å². The van der Waals surface area contributed by atoms with E-state index in [9.17, 15) is 13.2 Å². The lowest BCUT2D eigenvalue weighted by molar-refractivity contribution is 0.0954. The molecule has 0 N–H and O–H groups in total. The number of rotatable bonds is 6. The van der Waals surface area contributed by atoms with Gasteiger partial charge in [-0.2, -0.15) is 5.10 Å². The lowest BCUT2D eigenvalue weighted by Crippen LogP contribution is -2.22. The van der Waals surface area contributed by atoms with Crippen molar-refractivity contribution in [3.63, 3.8) is 0 Å². The number of Topliss-reactive ketones (excluding diaryl/α,β-unsaturated/α-hetero) is 1. The molecule has 1 aromatic heterocycles. The van der Waals surface area contributed by atoms with Crippen LogP contribution in [0.2, 0.25) is 5.02 Å². The van der Waals surface area contributed by atoms with E-state index in [1.807, 2.05) is 19.0 Å². The normalized spacial score (nSPS) is 21.0. The molecule has 8 heteroatoms. The van der Waals surface area contributed by atoms with Gasteiger partial charge in [0.1, 0.15) is 5.69 Å². The molecule has 1 aliphatic heterocycles. The minimum Gasteiger partial charge on any atom is -0.308 e. The van der Waals surface area contributed by atoms with Gasteiger partial charge in [0.2, 0.25) is 0 Å². The molecule has 1 saturated heterocycles. The van der Waals surface area contributed by atoms with E-state index in [-0.39, 0.29) is 29.6 Å². The molecule has 118 valence electrons. The number of nitrogens with zero attached hydrogens (tertiary/aromatic N) is 3. The van der Waals surface area contributed by atoms with Gasteiger partial charge in [0, 0.05) is 13.0 Å². The minimum absolute atomic E-state index is 0.0994. The van der Waals surface area contributed by atoms with Crippen LogP contribution < -0.4 is 0 Å². The van der Waals surface area contributed by atoms with Crippen molar-refractivity contribution in [1.82, 2.24) is 14.7 Å². The Balaban J connectivity index is 2.07. The van der Waals surface area contributed by atoms with Crippen molar-refractivity contribution < 1.29 is 13.2 Å². The molecule has 2 rings (SSSR count). The van der Waals surface area contributed by atoms with Crippen LogP contribution in [0.5, 0.6) is 0 Å². The van der Waals surface area contributed by atoms with Crippen LogP contribution in [0.4, 0.5) is 0 Å². The van der Waals surface area contributed by atoms with Gasteiger partial charge in [-0.25, -0.2) is 8.42 Å². The summed E-state index contributed by atoms with van der Waals surface area (Å²) in [4.78, 5) is 14.4. The molecule has 1 atom stereocenters. The Bertz CT molecular complexity index is 625. The van der Waals surface area contributed by atoms with Crippen molar-refractivity contribution in [3.8, 4) is 0 Å². The molecule has 1 unspecified atom stereocenters. The van der Waals surface area contributed by atoms with Crippen molar-refractivity contribution in [3.05, 3.63) is 16.9 Å². The third kappa shape index (κ3) is 4.28. The number of carbonyl (C=O) groups excluding carboxylic acids is 1. The monoisotopic (exact) mass is 333 g/mol. The Kier molecular flexibility index (Phi) is 5.06. The molecule has 0 saturated carbocycles. The topological polar surface area (TPSA) is 72.3 Å². The van der Waals surface area contributed by atoms with Crippen LogP contribution >= 0.6 is 11.6 Å². The summed E-state index contributed by atoms with van der Waals surface area (Å²) in [6.45, 7) is 1.32. The van der Waals surface area contributed by atoms with Gasteiger partial charge in [-0.1, -0.05) is 11.6 Å². The van der Waals surface area contributed by atoms with E-state index in [2.05, 4.69) is 5.10 Å². The van der Waals surface area contributed by atoms with Gasteiger partial charge >= 0.3 is 0 Å². The van der Waals surface area contributed by atoms with Crippen LogP contribution in [0.1, 0.15) is 23.3 Å². The highest BCUT2D eigenvalue weighted by Gasteiger charge is 2.31. The van der Waals surface area contributed by atoms with Crippen LogP contribution in [0.25, 0.3) is 0 Å². The maximum atomic E-state index is 12.4. The fourth-order valence-electron chi connectivity index (χ4n) is 2.50. The zero-order valence-corrected chi connectivity index (χ0v) is 13.8. The van der Waals surface area contributed by atoms with Crippen molar-refractivity contribution >= 4 is 27.2 Å². The summed E-state index contributed by atoms with van der Waals surface area (Å²) < 4.78 is 24.5. The largest absolute Gasteiger partial charge is 0.308 e. The Labute approximate surface area is 130 Å². The zero-order valence-electron chi connectivity index (χ0n) is 12.2. The number of halogens is 1. The standard InChI is InChI=1S/C13H20ClN3O3S/c1-16(2)4-5-17-13(11(14)8-15-17)12(18)7-10-3-6-21(19,20)9-10/h8,10H,3-7,9H2,1-2H3. The van der Waals surface area contributed by atoms with E-state index in [0.717, 1.165) is 6.54 Å². The van der Waals surface area contributed by atoms with Gasteiger partial charge in [-0.05, 0) is 26.4 Å². The predicted molar refractivity (Wildman–Crippen MR) is 81.5 cm³/mol. The highest BCUT2D eigenvalue weighted by molar-refractivity contribution is 7.91. The molecule has 0 spiro atoms. The molecule has 2 heterocycles. The molecular formula is C13H20ClN3O3S. The van der Waals surface area contributed by atoms with Crippen molar-refractivity contribution in [2.45, 2.75) is 19.4 Å². The average Bonchev–Trinajstić information content (AvgIpc) is 2.89. The highest BCUT2D eigenvalue weighted by atomic mass is 35.5. The van der Waals surface area contributed by atoms with Crippen LogP contribution in [0.3, 0.4) is 0 Å². The minimum atomic E-state index is -2.97. The second kappa shape index (κ2) is 6.46. The first kappa shape index (κ1) is 16.5. The molecule has 6 nitrogen and oxygen atoms in total. The van der Waals surface area contributed by atoms with Gasteiger partial charge in [-0.15, -0.1) is 0 Å². The maximum Gasteiger partial charge on any atom is 0.182 e. The molecule has 0 aromatic carbocycles. The SMILES string of the molecule is CN(C)CCn1ncc(Cl)c1C(=O)CC1CCS(=O)(=O)C1. The van der Waals surface area contributed by atoms with Crippen molar-refractivity contribution in [2.75, 3.05) is 32.1 Å². The summed E-state index contributed by atoms with van der Waals surface area (Å²) in [5.41, 5.74) is 0.391. The number of hydrogen-bond acceptors (Lipinski definition) is 5. The number of likely N-dealkylation sites (N-methyl/N-ethyl adjacent to an activating group) is 1. The van der Waals surface area contributed by atoms with Gasteiger partial charge in [0.05, 0.1) is 29.3 Å². The summed E-state index contributed by atoms with van der Waals surface area (Å²) in [6.07, 6.45) is 2.24. The van der Waals surface area contributed by atoms with Gasteiger partial charge in [-0.3, -0.25) is 9.48 Å². The predicted octanol–water partition coefficient (Wildman–Crippen LogP) is 1.11. The fourth-order valence-corrected chi connectivity index (χ4v) is 4.60. The van der Waals surface area contributed by atoms with E-state index in [1.54, 1.807) is 4.68 Å². The van der Waals surface area contributed by atoms with Gasteiger partial charge in [0.15, 0.2) is 15.6 Å². The molecule has 0 radical (unpaired) electrons. The summed E-state index contributed by atoms with van der Waals surface area (Å²) >= 11 is 6.06. The summed E-state index contributed by atoms with van der Waals surface area (Å²) in [5, 5.41) is 4.46. The molecule has 1 aromatic rings. The smallest absolute Gasteiger partial charge is 0.182 e. The number of hydrogen-bond donors (Lipinski definition) is 0. The summed E-state index contributed by atoms with van der Waals surface area (Å²) in [5.74, 6) is 0.0509. The lowest BCUT2D eigenvalue weighted by Gasteiger charge is -2.12. The molecule has 21 heavy (non-hydrogen) atoms. The highest BCUT2D eigenvalue weighted by Crippen LogP contribution is 2.25. The second-order valence-electron chi connectivity index (χ2n) is 5.76. The third-order valence-electron chi connectivity index (χ3n) is 3.62. The maximum absolute atomic E-state index is 12.4. The molecule has 1 fully saturated rings. The van der Waals surface area contributed by atoms with Crippen molar-refractivity contribution in [2.24, 2.45) is 5.92 Å². The van der Waals surface area contributed by atoms with Crippen molar-refractivity contribution in [1.29, 1.82) is 0 Å². The Morgan fingerprint density at radius 2 is 2.24 bits per heavy atom. The van der Waals surface area contributed by atoms with Gasteiger partial charge in [0.25, 0.3) is 0 Å². The van der Waals surface area contributed by atoms with Crippen LogP contribution in [-0.2, 0) is 16.4 Å². The molecule has 0 amide bonds. The Morgan fingerprint density at radius 1 is 1.52 bits per heavy atom. The first-order valence-corrected chi connectivity index (χ1v) is 9.08. The van der Waals surface area contributed by atoms with Crippen LogP contribution in [-0.4, -0.2) is 61.0 Å². The van der Waals surface area contributed by atoms with E-state index in [1.165, 1.54) is 6.20 Å². The zero-order chi connectivity index (χ0) is 15.6. The van der Waals surface area contributed by atoms with E-state index in [0.29, 0.717) is 23.7 Å². The fraction of sp³-hybridized carbons (Fsp3) is 0.692. The quantitative estimate of drug-likeness (QED) is 0.729. The first-order chi connectivity index (χ1) is 9.78. The van der Waals surface area contributed by atoms with E-state index < -0.39 is 9.84 Å². The summed E-state index contributed by atoms with van der Waals surface area (Å²) in [6, 6.07) is 0. The Morgan fingerprint density at radius 3 is 2.81 bits per heavy atom. The van der Waals surface area contributed by atoms with Gasteiger partial charge < -0.3 is 4.90 Å². The average molecular weight is 334 g/mol. The molecule has 1 aliphatic rings. The second-order valence-corrected chi connectivity index (χ2v) is 8.40. The summed E-state index contributed by atoms with van der Waals surface area (Å²) in [7, 11) is 0.915. The van der Waals surface area contributed by atoms with E-state index in [4.69, 9.17) is 11.6 Å². The Hall–Kier alpha value is -0.920.